The molecule has 0 aliphatic rings. The number of hydrogen-bond donors (Lipinski definition) is 2. The van der Waals surface area contributed by atoms with Gasteiger partial charge in [-0.2, -0.15) is 0 Å². The molecule has 6 nitrogen and oxygen atoms in total. The van der Waals surface area contributed by atoms with Crippen LogP contribution < -0.4 is 15.4 Å². The molecule has 0 atom stereocenters. The van der Waals surface area contributed by atoms with Crippen molar-refractivity contribution in [1.82, 2.24) is 20.2 Å². The molecule has 6 heteroatoms. The molecule has 0 aliphatic heterocycles. The van der Waals surface area contributed by atoms with Crippen molar-refractivity contribution in [1.29, 1.82) is 0 Å². The largest absolute Gasteiger partial charge is 0.497 e. The van der Waals surface area contributed by atoms with Crippen LogP contribution in [0.3, 0.4) is 0 Å². The second-order valence-corrected chi connectivity index (χ2v) is 7.93. The number of nitrogens with one attached hydrogen (secondary N) is 2. The number of rotatable bonds is 14. The van der Waals surface area contributed by atoms with Crippen molar-refractivity contribution < 1.29 is 9.53 Å². The van der Waals surface area contributed by atoms with Crippen LogP contribution in [-0.2, 0) is 11.2 Å². The lowest BCUT2D eigenvalue weighted by Gasteiger charge is -2.07. The molecular formula is C27H34N4O2. The number of aromatic nitrogens is 2. The molecule has 1 heterocycles. The predicted molar refractivity (Wildman–Crippen MR) is 134 cm³/mol. The number of hydrogen-bond acceptors (Lipinski definition) is 4. The number of carbonyl (C=O) groups excluding carboxylic acids is 1. The van der Waals surface area contributed by atoms with Gasteiger partial charge in [0.15, 0.2) is 0 Å². The lowest BCUT2D eigenvalue weighted by Crippen LogP contribution is -2.24. The third kappa shape index (κ3) is 8.94. The van der Waals surface area contributed by atoms with Crippen LogP contribution >= 0.6 is 0 Å². The van der Waals surface area contributed by atoms with Gasteiger partial charge in [-0.3, -0.25) is 4.79 Å². The lowest BCUT2D eigenvalue weighted by atomic mass is 10.1. The summed E-state index contributed by atoms with van der Waals surface area (Å²) in [6.07, 6.45) is 13.9. The van der Waals surface area contributed by atoms with E-state index in [0.717, 1.165) is 62.3 Å². The second-order valence-electron chi connectivity index (χ2n) is 7.93. The number of nitrogens with zero attached hydrogens (tertiary/aromatic N) is 2. The molecule has 1 amide bonds. The van der Waals surface area contributed by atoms with Crippen LogP contribution in [-0.4, -0.2) is 42.2 Å². The van der Waals surface area contributed by atoms with E-state index >= 15 is 0 Å². The van der Waals surface area contributed by atoms with Gasteiger partial charge in [0.2, 0.25) is 5.91 Å². The van der Waals surface area contributed by atoms with Gasteiger partial charge in [-0.15, -0.1) is 0 Å². The summed E-state index contributed by atoms with van der Waals surface area (Å²) >= 11 is 0. The minimum Gasteiger partial charge on any atom is -0.497 e. The van der Waals surface area contributed by atoms with Crippen LogP contribution in [0.2, 0.25) is 0 Å². The van der Waals surface area contributed by atoms with Crippen LogP contribution in [0.5, 0.6) is 5.75 Å². The Bertz CT molecular complexity index is 982. The summed E-state index contributed by atoms with van der Waals surface area (Å²) in [4.78, 5) is 16.1. The molecule has 0 saturated carbocycles. The van der Waals surface area contributed by atoms with Crippen LogP contribution in [0.1, 0.15) is 36.8 Å². The molecule has 0 radical (unpaired) electrons. The van der Waals surface area contributed by atoms with Gasteiger partial charge in [0.05, 0.1) is 13.4 Å². The van der Waals surface area contributed by atoms with Crippen molar-refractivity contribution in [3.63, 3.8) is 0 Å². The van der Waals surface area contributed by atoms with Gasteiger partial charge in [0.1, 0.15) is 5.75 Å². The highest BCUT2D eigenvalue weighted by Gasteiger charge is 1.99. The zero-order valence-corrected chi connectivity index (χ0v) is 19.4. The Balaban J connectivity index is 1.19. The first-order chi connectivity index (χ1) is 16.2. The molecule has 2 aromatic carbocycles. The number of amides is 1. The Morgan fingerprint density at radius 1 is 1.06 bits per heavy atom. The average Bonchev–Trinajstić information content (AvgIpc) is 3.39. The van der Waals surface area contributed by atoms with Crippen LogP contribution in [0, 0.1) is 0 Å². The summed E-state index contributed by atoms with van der Waals surface area (Å²) in [7, 11) is 1.70. The molecule has 0 bridgehead atoms. The first-order valence-corrected chi connectivity index (χ1v) is 11.6. The molecule has 0 fully saturated rings. The van der Waals surface area contributed by atoms with Crippen molar-refractivity contribution in [2.75, 3.05) is 26.7 Å². The van der Waals surface area contributed by atoms with Crippen LogP contribution in [0.25, 0.3) is 11.8 Å². The van der Waals surface area contributed by atoms with Gasteiger partial charge in [0.25, 0.3) is 0 Å². The lowest BCUT2D eigenvalue weighted by molar-refractivity contribution is -0.120. The van der Waals surface area contributed by atoms with Crippen molar-refractivity contribution in [2.45, 2.75) is 32.1 Å². The Labute approximate surface area is 196 Å². The summed E-state index contributed by atoms with van der Waals surface area (Å²) in [6.45, 7) is 2.69. The molecule has 3 rings (SSSR count). The van der Waals surface area contributed by atoms with Gasteiger partial charge in [-0.25, -0.2) is 4.98 Å². The maximum Gasteiger partial charge on any atom is 0.223 e. The fourth-order valence-electron chi connectivity index (χ4n) is 3.52. The number of imidazole rings is 1. The molecule has 0 spiro atoms. The molecule has 3 aromatic rings. The number of ether oxygens (including phenoxy) is 1. The van der Waals surface area contributed by atoms with Crippen molar-refractivity contribution >= 4 is 12.0 Å². The first kappa shape index (κ1) is 24.3. The fraction of sp³-hybridized carbons (Fsp3) is 0.333. The third-order valence-electron chi connectivity index (χ3n) is 5.36. The van der Waals surface area contributed by atoms with Gasteiger partial charge < -0.3 is 19.9 Å². The minimum atomic E-state index is 0.0625. The molecule has 0 aliphatic carbocycles. The molecule has 0 saturated heterocycles. The SMILES string of the molecule is COc1cccc(CCCNCCCCNC(=O)C/C=C/c2ccc(-n3ccnc3)cc2)c1. The standard InChI is InChI=1S/C27H34N4O2/c1-33-26-10-4-8-24(21-26)9-6-17-28-16-2-3-18-30-27(32)11-5-7-23-12-14-25(15-13-23)31-20-19-29-22-31/h4-5,7-8,10,12-15,19-22,28H,2-3,6,9,11,16-18H2,1H3,(H,30,32)/b7-5+. The minimum absolute atomic E-state index is 0.0625. The smallest absolute Gasteiger partial charge is 0.223 e. The highest BCUT2D eigenvalue weighted by molar-refractivity contribution is 5.78. The molecule has 2 N–H and O–H groups in total. The Morgan fingerprint density at radius 2 is 1.88 bits per heavy atom. The topological polar surface area (TPSA) is 68.2 Å². The predicted octanol–water partition coefficient (Wildman–Crippen LogP) is 4.40. The normalized spacial score (nSPS) is 11.1. The van der Waals surface area contributed by atoms with Crippen molar-refractivity contribution in [2.24, 2.45) is 0 Å². The molecular weight excluding hydrogens is 412 g/mol. The zero-order chi connectivity index (χ0) is 23.1. The Morgan fingerprint density at radius 3 is 2.67 bits per heavy atom. The maximum atomic E-state index is 12.0. The summed E-state index contributed by atoms with van der Waals surface area (Å²) < 4.78 is 7.22. The maximum absolute atomic E-state index is 12.0. The summed E-state index contributed by atoms with van der Waals surface area (Å²) in [5.41, 5.74) is 3.44. The summed E-state index contributed by atoms with van der Waals surface area (Å²) in [5.74, 6) is 0.978. The van der Waals surface area contributed by atoms with E-state index in [1.165, 1.54) is 5.56 Å². The first-order valence-electron chi connectivity index (χ1n) is 11.6. The van der Waals surface area contributed by atoms with Gasteiger partial charge >= 0.3 is 0 Å². The zero-order valence-electron chi connectivity index (χ0n) is 19.4. The quantitative estimate of drug-likeness (QED) is 0.360. The Hall–Kier alpha value is -3.38. The summed E-state index contributed by atoms with van der Waals surface area (Å²) in [5, 5.41) is 6.47. The van der Waals surface area contributed by atoms with Gasteiger partial charge in [-0.05, 0) is 74.2 Å². The molecule has 174 valence electrons. The molecule has 1 aromatic heterocycles. The van der Waals surface area contributed by atoms with E-state index in [1.54, 1.807) is 19.6 Å². The second kappa shape index (κ2) is 13.9. The number of methoxy groups -OCH3 is 1. The van der Waals surface area contributed by atoms with E-state index in [0.29, 0.717) is 6.42 Å². The Kier molecular flexibility index (Phi) is 10.2. The van der Waals surface area contributed by atoms with E-state index in [2.05, 4.69) is 27.8 Å². The number of aryl methyl sites for hydroxylation is 1. The highest BCUT2D eigenvalue weighted by atomic mass is 16.5. The van der Waals surface area contributed by atoms with Crippen molar-refractivity contribution in [3.05, 3.63) is 84.5 Å². The van der Waals surface area contributed by atoms with E-state index < -0.39 is 0 Å². The number of carbonyl (C=O) groups is 1. The fourth-order valence-corrected chi connectivity index (χ4v) is 3.52. The van der Waals surface area contributed by atoms with Gasteiger partial charge in [0, 0.05) is 31.0 Å². The average molecular weight is 447 g/mol. The molecule has 0 unspecified atom stereocenters. The summed E-state index contributed by atoms with van der Waals surface area (Å²) in [6, 6.07) is 16.4. The number of benzene rings is 2. The van der Waals surface area contributed by atoms with E-state index in [4.69, 9.17) is 4.74 Å². The van der Waals surface area contributed by atoms with Gasteiger partial charge in [-0.1, -0.05) is 36.4 Å². The highest BCUT2D eigenvalue weighted by Crippen LogP contribution is 2.13. The van der Waals surface area contributed by atoms with Crippen molar-refractivity contribution in [3.8, 4) is 11.4 Å². The van der Waals surface area contributed by atoms with Crippen LogP contribution in [0.4, 0.5) is 0 Å². The van der Waals surface area contributed by atoms with E-state index in [-0.39, 0.29) is 5.91 Å². The third-order valence-corrected chi connectivity index (χ3v) is 5.36. The molecule has 33 heavy (non-hydrogen) atoms. The monoisotopic (exact) mass is 446 g/mol. The number of unbranched alkanes of at least 4 members (excludes halogenated alkanes) is 1. The van der Waals surface area contributed by atoms with E-state index in [1.807, 2.05) is 59.3 Å². The van der Waals surface area contributed by atoms with E-state index in [9.17, 15) is 4.79 Å². The van der Waals surface area contributed by atoms with Crippen LogP contribution in [0.15, 0.2) is 73.3 Å².